The van der Waals surface area contributed by atoms with Crippen molar-refractivity contribution in [2.45, 2.75) is 41.6 Å². The maximum atomic E-state index is 12.8. The molecule has 0 N–H and O–H groups in total. The first kappa shape index (κ1) is 14.8. The first-order chi connectivity index (χ1) is 9.57. The summed E-state index contributed by atoms with van der Waals surface area (Å²) in [6, 6.07) is 1.79. The van der Waals surface area contributed by atoms with Gasteiger partial charge in [-0.2, -0.15) is 0 Å². The van der Waals surface area contributed by atoms with Crippen LogP contribution >= 0.6 is 45.5 Å². The van der Waals surface area contributed by atoms with Crippen LogP contribution in [-0.2, 0) is 0 Å². The first-order valence-electron chi connectivity index (χ1n) is 6.79. The molecular weight excluding hydrogens is 482 g/mol. The van der Waals surface area contributed by atoms with Crippen LogP contribution < -0.4 is 7.85 Å². The van der Waals surface area contributed by atoms with Gasteiger partial charge in [0.1, 0.15) is 6.04 Å². The molecule has 1 aromatic rings. The zero-order valence-electron chi connectivity index (χ0n) is 11.2. The maximum Gasteiger partial charge on any atom is 0.215 e. The second kappa shape index (κ2) is 5.58. The summed E-state index contributed by atoms with van der Waals surface area (Å²) in [5.41, 5.74) is 1.67. The van der Waals surface area contributed by atoms with Gasteiger partial charge in [-0.25, -0.2) is 4.98 Å². The number of anilines is 1. The number of fused-ring (bicyclic) bond motifs is 1. The van der Waals surface area contributed by atoms with E-state index < -0.39 is 0 Å². The summed E-state index contributed by atoms with van der Waals surface area (Å²) in [6.45, 7) is 0. The number of methoxy groups -OCH3 is 1. The Morgan fingerprint density at radius 3 is 2.75 bits per heavy atom. The highest BCUT2D eigenvalue weighted by Crippen LogP contribution is 2.48. The minimum atomic E-state index is -0.0760. The van der Waals surface area contributed by atoms with E-state index in [1.807, 2.05) is 6.07 Å². The molecule has 2 aliphatic rings. The van der Waals surface area contributed by atoms with Gasteiger partial charge in [-0.1, -0.05) is 41.9 Å². The Labute approximate surface area is 146 Å². The summed E-state index contributed by atoms with van der Waals surface area (Å²) in [4.78, 5) is 17.0. The van der Waals surface area contributed by atoms with Crippen molar-refractivity contribution in [1.82, 2.24) is 4.98 Å². The van der Waals surface area contributed by atoms with E-state index in [-0.39, 0.29) is 15.2 Å². The summed E-state index contributed by atoms with van der Waals surface area (Å²) in [5, 5.41) is 0. The van der Waals surface area contributed by atoms with Crippen LogP contribution in [0.15, 0.2) is 12.3 Å². The van der Waals surface area contributed by atoms with Crippen molar-refractivity contribution in [2.24, 2.45) is 0 Å². The van der Waals surface area contributed by atoms with Crippen LogP contribution in [-0.4, -0.2) is 27.3 Å². The maximum absolute atomic E-state index is 12.8. The minimum absolute atomic E-state index is 0.0422. The lowest BCUT2D eigenvalue weighted by molar-refractivity contribution is 0.0954. The molecule has 1 unspecified atom stereocenters. The van der Waals surface area contributed by atoms with Crippen LogP contribution in [0.5, 0.6) is 5.88 Å². The number of rotatable bonds is 2. The van der Waals surface area contributed by atoms with Gasteiger partial charge in [0, 0.05) is 12.3 Å². The molecule has 20 heavy (non-hydrogen) atoms. The average molecular weight is 498 g/mol. The second-order valence-corrected chi connectivity index (χ2v) is 8.60. The molecule has 1 fully saturated rings. The van der Waals surface area contributed by atoms with Gasteiger partial charge in [0.15, 0.2) is 5.78 Å². The Balaban J connectivity index is 1.98. The van der Waals surface area contributed by atoms with Crippen LogP contribution in [0.3, 0.4) is 0 Å². The number of Topliss-reactive ketones (excluding diaryl/α,β-unsaturated/α-hetero) is 1. The quantitative estimate of drug-likeness (QED) is 0.352. The summed E-state index contributed by atoms with van der Waals surface area (Å²) in [5.74, 6) is 0.769. The van der Waals surface area contributed by atoms with E-state index in [1.165, 1.54) is 19.3 Å². The van der Waals surface area contributed by atoms with Crippen molar-refractivity contribution in [3.8, 4) is 5.88 Å². The molecule has 1 aliphatic heterocycles. The lowest BCUT2D eigenvalue weighted by Crippen LogP contribution is -2.48. The number of halogens is 2. The molecule has 0 bridgehead atoms. The number of carbonyl (C=O) groups excluding carboxylic acids is 1. The van der Waals surface area contributed by atoms with Gasteiger partial charge >= 0.3 is 0 Å². The van der Waals surface area contributed by atoms with Gasteiger partial charge in [0.2, 0.25) is 5.88 Å². The van der Waals surface area contributed by atoms with E-state index in [0.717, 1.165) is 24.1 Å². The predicted molar refractivity (Wildman–Crippen MR) is 95.2 cm³/mol. The van der Waals surface area contributed by atoms with Crippen molar-refractivity contribution in [1.29, 1.82) is 0 Å². The molecule has 1 aromatic heterocycles. The molecule has 1 aliphatic carbocycles. The fourth-order valence-electron chi connectivity index (χ4n) is 3.14. The molecule has 4 nitrogen and oxygen atoms in total. The van der Waals surface area contributed by atoms with Crippen molar-refractivity contribution >= 4 is 56.9 Å². The summed E-state index contributed by atoms with van der Waals surface area (Å²) in [7, 11) is 1.60. The fourth-order valence-corrected chi connectivity index (χ4v) is 6.19. The summed E-state index contributed by atoms with van der Waals surface area (Å²) >= 11 is 4.79. The second-order valence-electron chi connectivity index (χ2n) is 5.42. The standard InChI is InChI=1S/C14H16I2N2O2/c1-20-11-7-10-9(8-17-11)12(19)13(18(10)16)14(15)5-3-2-4-6-14/h7-8,13H,2-6H2,1H3. The van der Waals surface area contributed by atoms with Crippen molar-refractivity contribution in [2.75, 3.05) is 10.2 Å². The number of ketones is 1. The predicted octanol–water partition coefficient (Wildman–Crippen LogP) is 3.95. The number of ether oxygens (including phenoxy) is 1. The van der Waals surface area contributed by atoms with E-state index in [2.05, 4.69) is 53.6 Å². The first-order valence-corrected chi connectivity index (χ1v) is 8.83. The lowest BCUT2D eigenvalue weighted by atomic mass is 9.82. The molecular formula is C14H16I2N2O2. The van der Waals surface area contributed by atoms with E-state index in [1.54, 1.807) is 13.3 Å². The molecule has 3 rings (SSSR count). The number of pyridine rings is 1. The number of alkyl halides is 1. The van der Waals surface area contributed by atoms with Crippen molar-refractivity contribution in [3.05, 3.63) is 17.8 Å². The van der Waals surface area contributed by atoms with E-state index in [4.69, 9.17) is 4.74 Å². The number of aromatic nitrogens is 1. The van der Waals surface area contributed by atoms with Crippen LogP contribution in [0.25, 0.3) is 0 Å². The Kier molecular flexibility index (Phi) is 4.13. The monoisotopic (exact) mass is 498 g/mol. The van der Waals surface area contributed by atoms with E-state index >= 15 is 0 Å². The number of nitrogens with zero attached hydrogens (tertiary/aromatic N) is 2. The molecule has 0 saturated heterocycles. The van der Waals surface area contributed by atoms with E-state index in [9.17, 15) is 4.79 Å². The van der Waals surface area contributed by atoms with Gasteiger partial charge in [-0.3, -0.25) is 4.79 Å². The number of hydrogen-bond donors (Lipinski definition) is 0. The lowest BCUT2D eigenvalue weighted by Gasteiger charge is -2.38. The number of carbonyl (C=O) groups is 1. The van der Waals surface area contributed by atoms with Crippen LogP contribution in [0, 0.1) is 0 Å². The van der Waals surface area contributed by atoms with Gasteiger partial charge in [-0.15, -0.1) is 0 Å². The van der Waals surface area contributed by atoms with Crippen molar-refractivity contribution < 1.29 is 9.53 Å². The third-order valence-electron chi connectivity index (χ3n) is 4.21. The zero-order valence-corrected chi connectivity index (χ0v) is 15.5. The SMILES string of the molecule is COc1cc2c(cn1)C(=O)C(C1(I)CCCCC1)N2I. The summed E-state index contributed by atoms with van der Waals surface area (Å²) < 4.78 is 7.31. The Hall–Kier alpha value is -0.120. The largest absolute Gasteiger partial charge is 0.481 e. The molecule has 0 amide bonds. The van der Waals surface area contributed by atoms with Gasteiger partial charge < -0.3 is 7.85 Å². The fraction of sp³-hybridized carbons (Fsp3) is 0.571. The third kappa shape index (κ3) is 2.32. The Morgan fingerprint density at radius 1 is 1.40 bits per heavy atom. The molecule has 1 atom stereocenters. The van der Waals surface area contributed by atoms with Gasteiger partial charge in [0.25, 0.3) is 0 Å². The molecule has 0 aromatic carbocycles. The summed E-state index contributed by atoms with van der Waals surface area (Å²) in [6.07, 6.45) is 7.61. The highest BCUT2D eigenvalue weighted by atomic mass is 127. The van der Waals surface area contributed by atoms with Crippen LogP contribution in [0.1, 0.15) is 42.5 Å². The van der Waals surface area contributed by atoms with E-state index in [0.29, 0.717) is 5.88 Å². The highest BCUT2D eigenvalue weighted by molar-refractivity contribution is 14.1. The molecule has 108 valence electrons. The smallest absolute Gasteiger partial charge is 0.215 e. The topological polar surface area (TPSA) is 42.4 Å². The normalized spacial score (nSPS) is 24.6. The Morgan fingerprint density at radius 2 is 2.10 bits per heavy atom. The highest BCUT2D eigenvalue weighted by Gasteiger charge is 2.49. The molecule has 0 spiro atoms. The molecule has 0 radical (unpaired) electrons. The van der Waals surface area contributed by atoms with Crippen LogP contribution in [0.4, 0.5) is 5.69 Å². The molecule has 6 heteroatoms. The molecule has 1 saturated carbocycles. The Bertz CT molecular complexity index is 544. The average Bonchev–Trinajstić information content (AvgIpc) is 2.71. The minimum Gasteiger partial charge on any atom is -0.481 e. The number of hydrogen-bond acceptors (Lipinski definition) is 4. The van der Waals surface area contributed by atoms with Gasteiger partial charge in [0.05, 0.1) is 44.6 Å². The van der Waals surface area contributed by atoms with Crippen molar-refractivity contribution in [3.63, 3.8) is 0 Å². The van der Waals surface area contributed by atoms with Gasteiger partial charge in [-0.05, 0) is 12.8 Å². The van der Waals surface area contributed by atoms with Crippen LogP contribution in [0.2, 0.25) is 0 Å². The zero-order chi connectivity index (χ0) is 14.3. The third-order valence-corrected chi connectivity index (χ3v) is 6.96. The molecule has 2 heterocycles.